The number of halogens is 1. The van der Waals surface area contributed by atoms with E-state index >= 15 is 0 Å². The Kier molecular flexibility index (Phi) is 4.58. The molecule has 0 atom stereocenters. The van der Waals surface area contributed by atoms with Gasteiger partial charge in [0, 0.05) is 12.7 Å². The number of hydrogen-bond donors (Lipinski definition) is 1. The zero-order valence-corrected chi connectivity index (χ0v) is 6.39. The third-order valence-corrected chi connectivity index (χ3v) is 1.13. The molecule has 58 valence electrons. The zero-order valence-electron chi connectivity index (χ0n) is 6.39. The molecule has 0 radical (unpaired) electrons. The summed E-state index contributed by atoms with van der Waals surface area (Å²) in [7, 11) is 1.76. The highest BCUT2D eigenvalue weighted by Gasteiger charge is 1.99. The van der Waals surface area contributed by atoms with E-state index in [-0.39, 0.29) is 0 Å². The van der Waals surface area contributed by atoms with Crippen molar-refractivity contribution in [3.8, 4) is 0 Å². The minimum Gasteiger partial charge on any atom is -0.314 e. The van der Waals surface area contributed by atoms with Crippen LogP contribution < -0.4 is 5.32 Å². The normalized spacial score (nSPS) is 11.3. The summed E-state index contributed by atoms with van der Waals surface area (Å²) >= 11 is 0. The lowest BCUT2D eigenvalue weighted by Gasteiger charge is -2.11. The van der Waals surface area contributed by atoms with E-state index in [9.17, 15) is 4.48 Å². The van der Waals surface area contributed by atoms with Gasteiger partial charge in [0.25, 0.3) is 0 Å². The maximum absolute atomic E-state index is 12.6. The van der Waals surface area contributed by atoms with E-state index in [1.807, 2.05) is 0 Å². The van der Waals surface area contributed by atoms with Gasteiger partial charge >= 0.3 is 0 Å². The highest BCUT2D eigenvalue weighted by atomic mass is 19.2. The quantitative estimate of drug-likeness (QED) is 0.600. The Balaban J connectivity index is 3.94. The van der Waals surface area contributed by atoms with Gasteiger partial charge in [0.15, 0.2) is 0 Å². The molecule has 0 aliphatic carbocycles. The first-order valence-electron chi connectivity index (χ1n) is 3.13. The SMILES string of the molecule is C=CN(F)/C(=C\C)CNC. The summed E-state index contributed by atoms with van der Waals surface area (Å²) in [5, 5.41) is 3.33. The van der Waals surface area contributed by atoms with Gasteiger partial charge in [0.1, 0.15) is 0 Å². The van der Waals surface area contributed by atoms with Crippen molar-refractivity contribution in [2.45, 2.75) is 6.92 Å². The van der Waals surface area contributed by atoms with Crippen LogP contribution in [-0.2, 0) is 0 Å². The Bertz CT molecular complexity index is 132. The molecule has 0 aromatic carbocycles. The highest BCUT2D eigenvalue weighted by molar-refractivity contribution is 5.01. The fraction of sp³-hybridized carbons (Fsp3) is 0.429. The van der Waals surface area contributed by atoms with Gasteiger partial charge in [-0.25, -0.2) is 0 Å². The van der Waals surface area contributed by atoms with Crippen LogP contribution in [0.25, 0.3) is 0 Å². The monoisotopic (exact) mass is 144 g/mol. The van der Waals surface area contributed by atoms with E-state index in [2.05, 4.69) is 11.9 Å². The van der Waals surface area contributed by atoms with Crippen LogP contribution >= 0.6 is 0 Å². The lowest BCUT2D eigenvalue weighted by Crippen LogP contribution is -2.18. The second-order valence-corrected chi connectivity index (χ2v) is 1.80. The molecule has 0 unspecified atom stereocenters. The summed E-state index contributed by atoms with van der Waals surface area (Å²) in [5.74, 6) is 0. The Labute approximate surface area is 61.0 Å². The molecule has 1 N–H and O–H groups in total. The van der Waals surface area contributed by atoms with Crippen molar-refractivity contribution in [3.05, 3.63) is 24.6 Å². The minimum atomic E-state index is 0.497. The number of nitrogens with one attached hydrogen (secondary N) is 1. The van der Waals surface area contributed by atoms with E-state index < -0.39 is 0 Å². The summed E-state index contributed by atoms with van der Waals surface area (Å²) < 4.78 is 12.6. The molecule has 0 aromatic heterocycles. The second-order valence-electron chi connectivity index (χ2n) is 1.80. The molecular formula is C7H13FN2. The fourth-order valence-electron chi connectivity index (χ4n) is 0.599. The van der Waals surface area contributed by atoms with Crippen LogP contribution in [0, 0.1) is 0 Å². The second kappa shape index (κ2) is 4.99. The molecule has 0 aliphatic heterocycles. The number of nitrogens with zero attached hydrogens (tertiary/aromatic N) is 1. The van der Waals surface area contributed by atoms with Gasteiger partial charge in [-0.2, -0.15) is 5.12 Å². The molecule has 0 saturated heterocycles. The van der Waals surface area contributed by atoms with Gasteiger partial charge in [-0.15, -0.1) is 0 Å². The van der Waals surface area contributed by atoms with Crippen molar-refractivity contribution in [1.82, 2.24) is 10.4 Å². The smallest absolute Gasteiger partial charge is 0.0608 e. The van der Waals surface area contributed by atoms with Crippen molar-refractivity contribution < 1.29 is 4.48 Å². The first kappa shape index (κ1) is 9.17. The van der Waals surface area contributed by atoms with Gasteiger partial charge in [-0.05, 0) is 14.0 Å². The third-order valence-electron chi connectivity index (χ3n) is 1.13. The van der Waals surface area contributed by atoms with E-state index in [0.717, 1.165) is 6.20 Å². The molecular weight excluding hydrogens is 131 g/mol. The van der Waals surface area contributed by atoms with Crippen LogP contribution in [0.1, 0.15) is 6.92 Å². The predicted molar refractivity (Wildman–Crippen MR) is 40.8 cm³/mol. The molecule has 0 aliphatic rings. The summed E-state index contributed by atoms with van der Waals surface area (Å²) in [6.07, 6.45) is 2.82. The van der Waals surface area contributed by atoms with Crippen molar-refractivity contribution >= 4 is 0 Å². The number of likely N-dealkylation sites (N-methyl/N-ethyl adjacent to an activating group) is 1. The molecule has 3 heteroatoms. The third kappa shape index (κ3) is 2.64. The van der Waals surface area contributed by atoms with E-state index in [1.54, 1.807) is 20.0 Å². The average Bonchev–Trinajstić information content (AvgIpc) is 1.99. The van der Waals surface area contributed by atoms with E-state index in [4.69, 9.17) is 0 Å². The van der Waals surface area contributed by atoms with Crippen LogP contribution in [-0.4, -0.2) is 18.7 Å². The summed E-state index contributed by atoms with van der Waals surface area (Å²) in [4.78, 5) is 0. The van der Waals surface area contributed by atoms with E-state index in [1.165, 1.54) is 0 Å². The molecule has 10 heavy (non-hydrogen) atoms. The molecule has 2 nitrogen and oxygen atoms in total. The number of rotatable bonds is 4. The maximum Gasteiger partial charge on any atom is 0.0608 e. The maximum atomic E-state index is 12.6. The Hall–Kier alpha value is -0.830. The van der Waals surface area contributed by atoms with Crippen molar-refractivity contribution in [1.29, 1.82) is 0 Å². The van der Waals surface area contributed by atoms with Crippen molar-refractivity contribution in [3.63, 3.8) is 0 Å². The van der Waals surface area contributed by atoms with Crippen LogP contribution in [0.5, 0.6) is 0 Å². The van der Waals surface area contributed by atoms with Crippen molar-refractivity contribution in [2.24, 2.45) is 0 Å². The first-order valence-corrected chi connectivity index (χ1v) is 3.13. The molecule has 0 fully saturated rings. The lowest BCUT2D eigenvalue weighted by molar-refractivity contribution is 0.135. The average molecular weight is 144 g/mol. The molecule has 0 aromatic rings. The van der Waals surface area contributed by atoms with Gasteiger partial charge in [-0.3, -0.25) is 0 Å². The largest absolute Gasteiger partial charge is 0.314 e. The number of allylic oxidation sites excluding steroid dienone is 1. The lowest BCUT2D eigenvalue weighted by atomic mass is 10.4. The summed E-state index contributed by atoms with van der Waals surface area (Å²) in [5.41, 5.74) is 0.567. The van der Waals surface area contributed by atoms with Gasteiger partial charge in [0.05, 0.1) is 5.70 Å². The molecule has 0 bridgehead atoms. The zero-order chi connectivity index (χ0) is 7.98. The minimum absolute atomic E-state index is 0.497. The van der Waals surface area contributed by atoms with Gasteiger partial charge in [-0.1, -0.05) is 17.1 Å². The molecule has 0 rings (SSSR count). The fourth-order valence-corrected chi connectivity index (χ4v) is 0.599. The molecule has 0 spiro atoms. The summed E-state index contributed by atoms with van der Waals surface area (Å²) in [6.45, 7) is 5.59. The Morgan fingerprint density at radius 2 is 2.40 bits per heavy atom. The molecule has 0 heterocycles. The van der Waals surface area contributed by atoms with Crippen LogP contribution in [0.4, 0.5) is 4.48 Å². The van der Waals surface area contributed by atoms with Crippen molar-refractivity contribution in [2.75, 3.05) is 13.6 Å². The topological polar surface area (TPSA) is 15.3 Å². The Morgan fingerprint density at radius 3 is 2.70 bits per heavy atom. The van der Waals surface area contributed by atoms with Crippen LogP contribution in [0.15, 0.2) is 24.6 Å². The predicted octanol–water partition coefficient (Wildman–Crippen LogP) is 1.44. The highest BCUT2D eigenvalue weighted by Crippen LogP contribution is 2.02. The standard InChI is InChI=1S/C7H13FN2/c1-4-7(6-9-3)10(8)5-2/h4-5,9H,2,6H2,1,3H3/b7-4-. The molecule has 0 saturated carbocycles. The summed E-state index contributed by atoms with van der Waals surface area (Å²) in [6, 6.07) is 0. The number of hydrogen-bond acceptors (Lipinski definition) is 2. The van der Waals surface area contributed by atoms with E-state index in [0.29, 0.717) is 17.4 Å². The first-order chi connectivity index (χ1) is 4.76. The Morgan fingerprint density at radius 1 is 1.80 bits per heavy atom. The van der Waals surface area contributed by atoms with Gasteiger partial charge in [0.2, 0.25) is 0 Å². The molecule has 0 amide bonds. The van der Waals surface area contributed by atoms with Crippen LogP contribution in [0.3, 0.4) is 0 Å². The van der Waals surface area contributed by atoms with Gasteiger partial charge < -0.3 is 5.32 Å². The van der Waals surface area contributed by atoms with Crippen LogP contribution in [0.2, 0.25) is 0 Å².